The van der Waals surface area contributed by atoms with Gasteiger partial charge in [-0.3, -0.25) is 9.69 Å². The second-order valence-corrected chi connectivity index (χ2v) is 7.05. The summed E-state index contributed by atoms with van der Waals surface area (Å²) in [5.41, 5.74) is 2.63. The third-order valence-electron chi connectivity index (χ3n) is 4.77. The molecule has 0 saturated heterocycles. The van der Waals surface area contributed by atoms with E-state index in [9.17, 15) is 4.79 Å². The van der Waals surface area contributed by atoms with Gasteiger partial charge >= 0.3 is 0 Å². The standard InChI is InChI=1S/C22H28ClNO3/c1-17(18-10-12-20(23)13-11-18)24(2)22(27-15-7-6-14-25)21-9-5-3-4-8-19(21)16-26/h3,5,8-13,16-17,22,25H,4,6-7,14-15H2,1-2H3/t17-,22?/m1/s1. The van der Waals surface area contributed by atoms with Gasteiger partial charge in [0.2, 0.25) is 0 Å². The Labute approximate surface area is 166 Å². The zero-order chi connectivity index (χ0) is 19.6. The number of hydrogen-bond acceptors (Lipinski definition) is 4. The fraction of sp³-hybridized carbons (Fsp3) is 0.409. The van der Waals surface area contributed by atoms with Crippen LogP contribution in [0.5, 0.6) is 0 Å². The van der Waals surface area contributed by atoms with Gasteiger partial charge in [0.1, 0.15) is 12.5 Å². The number of hydrogen-bond donors (Lipinski definition) is 1. The van der Waals surface area contributed by atoms with Crippen molar-refractivity contribution in [3.63, 3.8) is 0 Å². The molecular formula is C22H28ClNO3. The molecule has 0 amide bonds. The molecule has 1 unspecified atom stereocenters. The first-order chi connectivity index (χ1) is 13.1. The van der Waals surface area contributed by atoms with E-state index in [1.807, 2.05) is 55.6 Å². The Morgan fingerprint density at radius 2 is 2.04 bits per heavy atom. The monoisotopic (exact) mass is 389 g/mol. The van der Waals surface area contributed by atoms with Crippen LogP contribution in [0.15, 0.2) is 59.7 Å². The number of halogens is 1. The van der Waals surface area contributed by atoms with E-state index in [0.717, 1.165) is 30.3 Å². The molecule has 2 rings (SSSR count). The fourth-order valence-electron chi connectivity index (χ4n) is 3.02. The van der Waals surface area contributed by atoms with Gasteiger partial charge in [-0.15, -0.1) is 0 Å². The van der Waals surface area contributed by atoms with Crippen LogP contribution in [0, 0.1) is 0 Å². The molecular weight excluding hydrogens is 362 g/mol. The third kappa shape index (κ3) is 6.15. The lowest BCUT2D eigenvalue weighted by Crippen LogP contribution is -2.38. The topological polar surface area (TPSA) is 49.8 Å². The summed E-state index contributed by atoms with van der Waals surface area (Å²) >= 11 is 6.01. The minimum atomic E-state index is -0.367. The Hall–Kier alpha value is -1.72. The number of carbonyl (C=O) groups is 1. The van der Waals surface area contributed by atoms with E-state index < -0.39 is 0 Å². The van der Waals surface area contributed by atoms with Crippen LogP contribution in [0.3, 0.4) is 0 Å². The molecule has 0 bridgehead atoms. The smallest absolute Gasteiger partial charge is 0.150 e. The fourth-order valence-corrected chi connectivity index (χ4v) is 3.14. The van der Waals surface area contributed by atoms with E-state index >= 15 is 0 Å². The van der Waals surface area contributed by atoms with E-state index in [0.29, 0.717) is 23.6 Å². The summed E-state index contributed by atoms with van der Waals surface area (Å²) < 4.78 is 6.19. The second-order valence-electron chi connectivity index (χ2n) is 6.61. The van der Waals surface area contributed by atoms with Gasteiger partial charge in [0.15, 0.2) is 0 Å². The summed E-state index contributed by atoms with van der Waals surface area (Å²) in [7, 11) is 1.99. The van der Waals surface area contributed by atoms with Gasteiger partial charge in [-0.25, -0.2) is 0 Å². The molecule has 1 aromatic carbocycles. The zero-order valence-corrected chi connectivity index (χ0v) is 16.7. The number of benzene rings is 1. The molecule has 0 fully saturated rings. The van der Waals surface area contributed by atoms with Gasteiger partial charge in [0.25, 0.3) is 0 Å². The number of aldehydes is 1. The summed E-state index contributed by atoms with van der Waals surface area (Å²) in [5.74, 6) is 0. The predicted molar refractivity (Wildman–Crippen MR) is 110 cm³/mol. The zero-order valence-electron chi connectivity index (χ0n) is 16.0. The van der Waals surface area contributed by atoms with E-state index in [1.165, 1.54) is 0 Å². The molecule has 1 aromatic rings. The van der Waals surface area contributed by atoms with E-state index in [2.05, 4.69) is 11.8 Å². The lowest BCUT2D eigenvalue weighted by molar-refractivity contribution is -0.105. The van der Waals surface area contributed by atoms with Gasteiger partial charge in [0, 0.05) is 35.4 Å². The highest BCUT2D eigenvalue weighted by Crippen LogP contribution is 2.29. The Balaban J connectivity index is 2.27. The van der Waals surface area contributed by atoms with Crippen LogP contribution in [0.25, 0.3) is 0 Å². The van der Waals surface area contributed by atoms with Crippen molar-refractivity contribution in [3.8, 4) is 0 Å². The van der Waals surface area contributed by atoms with Crippen LogP contribution in [-0.4, -0.2) is 42.8 Å². The Kier molecular flexibility index (Phi) is 8.95. The van der Waals surface area contributed by atoms with Crippen molar-refractivity contribution in [1.82, 2.24) is 4.90 Å². The molecule has 146 valence electrons. The number of likely N-dealkylation sites (N-methyl/N-ethyl adjacent to an activating group) is 1. The van der Waals surface area contributed by atoms with Crippen LogP contribution in [-0.2, 0) is 9.53 Å². The van der Waals surface area contributed by atoms with Crippen molar-refractivity contribution < 1.29 is 14.6 Å². The van der Waals surface area contributed by atoms with Crippen molar-refractivity contribution >= 4 is 17.9 Å². The molecule has 5 heteroatoms. The Morgan fingerprint density at radius 1 is 1.30 bits per heavy atom. The molecule has 27 heavy (non-hydrogen) atoms. The summed E-state index contributed by atoms with van der Waals surface area (Å²) in [6.45, 7) is 2.76. The molecule has 0 heterocycles. The third-order valence-corrected chi connectivity index (χ3v) is 5.03. The normalized spacial score (nSPS) is 16.5. The van der Waals surface area contributed by atoms with Crippen LogP contribution in [0.1, 0.15) is 37.8 Å². The molecule has 0 aliphatic heterocycles. The van der Waals surface area contributed by atoms with E-state index in [-0.39, 0.29) is 18.9 Å². The average Bonchev–Trinajstić information content (AvgIpc) is 2.93. The SMILES string of the molecule is C[C@H](c1ccc(Cl)cc1)N(C)C(OCCCCO)C1=CC=CCC=C1C=O. The quantitative estimate of drug-likeness (QED) is 0.364. The number of aliphatic hydroxyl groups is 1. The first-order valence-corrected chi connectivity index (χ1v) is 9.68. The molecule has 1 aliphatic rings. The summed E-state index contributed by atoms with van der Waals surface area (Å²) in [6, 6.07) is 7.82. The van der Waals surface area contributed by atoms with Crippen LogP contribution in [0.2, 0.25) is 5.02 Å². The highest BCUT2D eigenvalue weighted by atomic mass is 35.5. The maximum atomic E-state index is 11.6. The molecule has 1 N–H and O–H groups in total. The summed E-state index contributed by atoms with van der Waals surface area (Å²) in [5, 5.41) is 9.72. The van der Waals surface area contributed by atoms with Crippen LogP contribution in [0.4, 0.5) is 0 Å². The van der Waals surface area contributed by atoms with Crippen molar-refractivity contribution in [2.45, 2.75) is 38.5 Å². The number of nitrogens with zero attached hydrogens (tertiary/aromatic N) is 1. The summed E-state index contributed by atoms with van der Waals surface area (Å²) in [4.78, 5) is 13.8. The first-order valence-electron chi connectivity index (χ1n) is 9.30. The van der Waals surface area contributed by atoms with Crippen molar-refractivity contribution in [3.05, 3.63) is 70.3 Å². The molecule has 0 spiro atoms. The van der Waals surface area contributed by atoms with Gasteiger partial charge in [-0.05, 0) is 50.9 Å². The number of aliphatic hydroxyl groups excluding tert-OH is 1. The van der Waals surface area contributed by atoms with Crippen molar-refractivity contribution in [2.75, 3.05) is 20.3 Å². The largest absolute Gasteiger partial charge is 0.396 e. The maximum absolute atomic E-state index is 11.6. The highest BCUT2D eigenvalue weighted by molar-refractivity contribution is 6.30. The van der Waals surface area contributed by atoms with Crippen molar-refractivity contribution in [1.29, 1.82) is 0 Å². The number of ether oxygens (including phenoxy) is 1. The van der Waals surface area contributed by atoms with Gasteiger partial charge in [-0.1, -0.05) is 48.0 Å². The molecule has 0 aromatic heterocycles. The molecule has 0 saturated carbocycles. The van der Waals surface area contributed by atoms with Crippen molar-refractivity contribution in [2.24, 2.45) is 0 Å². The minimum Gasteiger partial charge on any atom is -0.396 e. The number of rotatable bonds is 10. The Morgan fingerprint density at radius 3 is 2.70 bits per heavy atom. The molecule has 0 radical (unpaired) electrons. The maximum Gasteiger partial charge on any atom is 0.150 e. The molecule has 1 aliphatic carbocycles. The van der Waals surface area contributed by atoms with Gasteiger partial charge in [-0.2, -0.15) is 0 Å². The highest BCUT2D eigenvalue weighted by Gasteiger charge is 2.27. The Bertz CT molecular complexity index is 694. The lowest BCUT2D eigenvalue weighted by atomic mass is 10.0. The van der Waals surface area contributed by atoms with E-state index in [4.69, 9.17) is 21.4 Å². The van der Waals surface area contributed by atoms with Gasteiger partial charge < -0.3 is 9.84 Å². The van der Waals surface area contributed by atoms with Crippen LogP contribution < -0.4 is 0 Å². The van der Waals surface area contributed by atoms with Gasteiger partial charge in [0.05, 0.1) is 0 Å². The number of carbonyl (C=O) groups excluding carboxylic acids is 1. The predicted octanol–water partition coefficient (Wildman–Crippen LogP) is 4.46. The lowest BCUT2D eigenvalue weighted by Gasteiger charge is -2.35. The number of unbranched alkanes of at least 4 members (excludes halogenated alkanes) is 1. The number of allylic oxidation sites excluding steroid dienone is 4. The average molecular weight is 390 g/mol. The minimum absolute atomic E-state index is 0.0612. The second kappa shape index (κ2) is 11.2. The van der Waals surface area contributed by atoms with Crippen LogP contribution >= 0.6 is 11.6 Å². The van der Waals surface area contributed by atoms with E-state index in [1.54, 1.807) is 0 Å². The summed E-state index contributed by atoms with van der Waals surface area (Å²) in [6.07, 6.45) is 10.6. The molecule has 2 atom stereocenters. The molecule has 4 nitrogen and oxygen atoms in total. The first kappa shape index (κ1) is 21.6.